The summed E-state index contributed by atoms with van der Waals surface area (Å²) in [4.78, 5) is 0.259. The van der Waals surface area contributed by atoms with Gasteiger partial charge in [-0.1, -0.05) is 29.8 Å². The van der Waals surface area contributed by atoms with Crippen LogP contribution in [0.2, 0.25) is 0 Å². The molecule has 1 N–H and O–H groups in total. The van der Waals surface area contributed by atoms with Gasteiger partial charge in [-0.15, -0.1) is 0 Å². The first kappa shape index (κ1) is 18.8. The van der Waals surface area contributed by atoms with Crippen molar-refractivity contribution in [2.24, 2.45) is 0 Å². The van der Waals surface area contributed by atoms with E-state index in [0.29, 0.717) is 18.9 Å². The molecule has 0 unspecified atom stereocenters. The second kappa shape index (κ2) is 9.11. The lowest BCUT2D eigenvalue weighted by atomic mass is 10.2. The molecule has 0 aliphatic heterocycles. The van der Waals surface area contributed by atoms with Gasteiger partial charge < -0.3 is 4.74 Å². The smallest absolute Gasteiger partial charge is 0.240 e. The highest BCUT2D eigenvalue weighted by molar-refractivity contribution is 7.98. The maximum atomic E-state index is 12.2. The van der Waals surface area contributed by atoms with E-state index < -0.39 is 10.0 Å². The number of hydrogen-bond acceptors (Lipinski definition) is 4. The number of sulfonamides is 1. The molecule has 2 aromatic carbocycles. The predicted octanol–water partition coefficient (Wildman–Crippen LogP) is 3.61. The molecule has 0 atom stereocenters. The summed E-state index contributed by atoms with van der Waals surface area (Å²) in [5.74, 6) is 2.28. The summed E-state index contributed by atoms with van der Waals surface area (Å²) in [6.07, 6.45) is 0. The number of nitrogens with one attached hydrogen (secondary N) is 1. The molecule has 0 heterocycles. The van der Waals surface area contributed by atoms with Crippen LogP contribution in [0.1, 0.15) is 18.1 Å². The van der Waals surface area contributed by atoms with E-state index in [1.807, 2.05) is 6.92 Å². The highest BCUT2D eigenvalue weighted by Crippen LogP contribution is 2.16. The number of aryl methyl sites for hydroxylation is 1. The van der Waals surface area contributed by atoms with Gasteiger partial charge in [0, 0.05) is 18.1 Å². The lowest BCUT2D eigenvalue weighted by Gasteiger charge is -2.08. The maximum absolute atomic E-state index is 12.2. The quantitative estimate of drug-likeness (QED) is 0.690. The van der Waals surface area contributed by atoms with Gasteiger partial charge in [-0.3, -0.25) is 0 Å². The largest absolute Gasteiger partial charge is 0.494 e. The van der Waals surface area contributed by atoms with E-state index >= 15 is 0 Å². The van der Waals surface area contributed by atoms with Crippen molar-refractivity contribution in [2.75, 3.05) is 18.9 Å². The molecular weight excluding hydrogens is 342 g/mol. The van der Waals surface area contributed by atoms with Crippen molar-refractivity contribution >= 4 is 21.8 Å². The Balaban J connectivity index is 1.77. The van der Waals surface area contributed by atoms with Crippen LogP contribution < -0.4 is 9.46 Å². The van der Waals surface area contributed by atoms with Crippen molar-refractivity contribution in [1.29, 1.82) is 0 Å². The summed E-state index contributed by atoms with van der Waals surface area (Å²) in [6.45, 7) is 4.92. The molecule has 24 heavy (non-hydrogen) atoms. The Bertz CT molecular complexity index is 726. The molecule has 0 aromatic heterocycles. The first-order valence-electron chi connectivity index (χ1n) is 7.87. The molecule has 0 spiro atoms. The number of rotatable bonds is 9. The summed E-state index contributed by atoms with van der Waals surface area (Å²) in [7, 11) is -3.46. The number of hydrogen-bond donors (Lipinski definition) is 1. The molecule has 0 saturated heterocycles. The summed E-state index contributed by atoms with van der Waals surface area (Å²) < 4.78 is 32.4. The third-order valence-corrected chi connectivity index (χ3v) is 5.88. The predicted molar refractivity (Wildman–Crippen MR) is 100 cm³/mol. The molecule has 0 aliphatic rings. The molecule has 4 nitrogen and oxygen atoms in total. The minimum atomic E-state index is -3.46. The van der Waals surface area contributed by atoms with E-state index in [1.165, 1.54) is 11.1 Å². The van der Waals surface area contributed by atoms with Gasteiger partial charge in [0.05, 0.1) is 11.5 Å². The highest BCUT2D eigenvalue weighted by Gasteiger charge is 2.13. The van der Waals surface area contributed by atoms with Gasteiger partial charge >= 0.3 is 0 Å². The third-order valence-electron chi connectivity index (χ3n) is 3.37. The molecule has 0 saturated carbocycles. The fraction of sp³-hybridized carbons (Fsp3) is 0.333. The van der Waals surface area contributed by atoms with Crippen molar-refractivity contribution in [2.45, 2.75) is 24.5 Å². The average molecular weight is 366 g/mol. The number of thioether (sulfide) groups is 1. The molecule has 0 fully saturated rings. The molecule has 6 heteroatoms. The second-order valence-corrected chi connectivity index (χ2v) is 8.21. The van der Waals surface area contributed by atoms with E-state index in [9.17, 15) is 8.42 Å². The Morgan fingerprint density at radius 1 is 1.04 bits per heavy atom. The fourth-order valence-electron chi connectivity index (χ4n) is 2.09. The Kier molecular flexibility index (Phi) is 7.15. The van der Waals surface area contributed by atoms with Crippen molar-refractivity contribution < 1.29 is 13.2 Å². The first-order valence-corrected chi connectivity index (χ1v) is 10.5. The van der Waals surface area contributed by atoms with Crippen LogP contribution in [0.4, 0.5) is 0 Å². The van der Waals surface area contributed by atoms with E-state index in [1.54, 1.807) is 36.0 Å². The summed E-state index contributed by atoms with van der Waals surface area (Å²) >= 11 is 1.71. The van der Waals surface area contributed by atoms with Crippen LogP contribution in [0.15, 0.2) is 53.4 Å². The Labute approximate surface area is 148 Å². The lowest BCUT2D eigenvalue weighted by Crippen LogP contribution is -2.26. The van der Waals surface area contributed by atoms with Crippen LogP contribution >= 0.6 is 11.8 Å². The standard InChI is InChI=1S/C18H23NO3S2/c1-3-22-17-8-10-18(11-9-17)24(20,21)19-12-13-23-14-16-6-4-15(2)5-7-16/h4-11,19H,3,12-14H2,1-2H3. The molecule has 0 bridgehead atoms. The molecule has 0 radical (unpaired) electrons. The SMILES string of the molecule is CCOc1ccc(S(=O)(=O)NCCSCc2ccc(C)cc2)cc1. The average Bonchev–Trinajstić information content (AvgIpc) is 2.57. The maximum Gasteiger partial charge on any atom is 0.240 e. The van der Waals surface area contributed by atoms with Crippen molar-refractivity contribution in [3.8, 4) is 5.75 Å². The monoisotopic (exact) mass is 365 g/mol. The van der Waals surface area contributed by atoms with Crippen LogP contribution in [0.25, 0.3) is 0 Å². The molecule has 0 aliphatic carbocycles. The van der Waals surface area contributed by atoms with Crippen LogP contribution in [-0.2, 0) is 15.8 Å². The van der Waals surface area contributed by atoms with E-state index in [2.05, 4.69) is 35.9 Å². The van der Waals surface area contributed by atoms with Crippen LogP contribution in [-0.4, -0.2) is 27.3 Å². The minimum Gasteiger partial charge on any atom is -0.494 e. The van der Waals surface area contributed by atoms with Crippen molar-refractivity contribution in [3.05, 3.63) is 59.7 Å². The fourth-order valence-corrected chi connectivity index (χ4v) is 4.07. The van der Waals surface area contributed by atoms with Crippen molar-refractivity contribution in [3.63, 3.8) is 0 Å². The van der Waals surface area contributed by atoms with Gasteiger partial charge in [-0.2, -0.15) is 11.8 Å². The van der Waals surface area contributed by atoms with E-state index in [-0.39, 0.29) is 4.90 Å². The Morgan fingerprint density at radius 3 is 2.33 bits per heavy atom. The summed E-state index contributed by atoms with van der Waals surface area (Å²) in [6, 6.07) is 14.8. The Morgan fingerprint density at radius 2 is 1.71 bits per heavy atom. The van der Waals surface area contributed by atoms with Gasteiger partial charge in [0.2, 0.25) is 10.0 Å². The van der Waals surface area contributed by atoms with Gasteiger partial charge in [-0.25, -0.2) is 13.1 Å². The van der Waals surface area contributed by atoms with Crippen molar-refractivity contribution in [1.82, 2.24) is 4.72 Å². The second-order valence-electron chi connectivity index (χ2n) is 5.34. The zero-order chi connectivity index (χ0) is 17.4. The molecule has 130 valence electrons. The molecule has 2 rings (SSSR count). The Hall–Kier alpha value is -1.50. The summed E-state index contributed by atoms with van der Waals surface area (Å²) in [5, 5.41) is 0. The number of benzene rings is 2. The molecule has 0 amide bonds. The van der Waals surface area contributed by atoms with Gasteiger partial charge in [0.15, 0.2) is 0 Å². The normalized spacial score (nSPS) is 11.4. The summed E-state index contributed by atoms with van der Waals surface area (Å²) in [5.41, 5.74) is 2.49. The third kappa shape index (κ3) is 5.85. The first-order chi connectivity index (χ1) is 11.5. The zero-order valence-electron chi connectivity index (χ0n) is 14.0. The molecule has 2 aromatic rings. The van der Waals surface area contributed by atoms with Crippen LogP contribution in [0, 0.1) is 6.92 Å². The van der Waals surface area contributed by atoms with E-state index in [4.69, 9.17) is 4.74 Å². The lowest BCUT2D eigenvalue weighted by molar-refractivity contribution is 0.340. The highest BCUT2D eigenvalue weighted by atomic mass is 32.2. The van der Waals surface area contributed by atoms with Crippen LogP contribution in [0.5, 0.6) is 5.75 Å². The topological polar surface area (TPSA) is 55.4 Å². The molecular formula is C18H23NO3S2. The van der Waals surface area contributed by atoms with Gasteiger partial charge in [0.1, 0.15) is 5.75 Å². The van der Waals surface area contributed by atoms with Gasteiger partial charge in [0.25, 0.3) is 0 Å². The minimum absolute atomic E-state index is 0.259. The van der Waals surface area contributed by atoms with Crippen LogP contribution in [0.3, 0.4) is 0 Å². The van der Waals surface area contributed by atoms with E-state index in [0.717, 1.165) is 11.5 Å². The number of ether oxygens (including phenoxy) is 1. The van der Waals surface area contributed by atoms with Gasteiger partial charge in [-0.05, 0) is 43.7 Å². The zero-order valence-corrected chi connectivity index (χ0v) is 15.6.